The van der Waals surface area contributed by atoms with Gasteiger partial charge in [0, 0.05) is 6.07 Å². The van der Waals surface area contributed by atoms with Crippen molar-refractivity contribution < 1.29 is 22.3 Å². The number of hydrogen-bond acceptors (Lipinski definition) is 1. The topological polar surface area (TPSA) is 9.23 Å². The molecule has 0 spiro atoms. The Kier molecular flexibility index (Phi) is 3.33. The van der Waals surface area contributed by atoms with E-state index in [2.05, 4.69) is 4.74 Å². The first-order valence-electron chi connectivity index (χ1n) is 3.96. The lowest BCUT2D eigenvalue weighted by Crippen LogP contribution is -2.00. The predicted octanol–water partition coefficient (Wildman–Crippen LogP) is 3.30. The van der Waals surface area contributed by atoms with Crippen molar-refractivity contribution in [2.24, 2.45) is 0 Å². The van der Waals surface area contributed by atoms with Crippen molar-refractivity contribution in [3.05, 3.63) is 29.3 Å². The van der Waals surface area contributed by atoms with Gasteiger partial charge >= 0.3 is 0 Å². The zero-order valence-corrected chi connectivity index (χ0v) is 7.36. The average molecular weight is 208 g/mol. The Hall–Kier alpha value is -1.26. The molecule has 0 atom stereocenters. The van der Waals surface area contributed by atoms with Crippen LogP contribution < -0.4 is 4.74 Å². The molecule has 1 rings (SSSR count). The maximum Gasteiger partial charge on any atom is 0.266 e. The molecule has 78 valence electrons. The summed E-state index contributed by atoms with van der Waals surface area (Å²) in [6.45, 7) is 1.63. The van der Waals surface area contributed by atoms with Crippen molar-refractivity contribution in [3.8, 4) is 5.75 Å². The third kappa shape index (κ3) is 2.16. The van der Waals surface area contributed by atoms with Gasteiger partial charge in [0.2, 0.25) is 0 Å². The lowest BCUT2D eigenvalue weighted by atomic mass is 10.2. The second-order valence-corrected chi connectivity index (χ2v) is 2.54. The maximum atomic E-state index is 13.1. The highest BCUT2D eigenvalue weighted by molar-refractivity contribution is 5.32. The Labute approximate surface area is 78.3 Å². The molecule has 0 saturated carbocycles. The fourth-order valence-electron chi connectivity index (χ4n) is 1.00. The molecular weight excluding hydrogens is 200 g/mol. The third-order valence-electron chi connectivity index (χ3n) is 1.57. The van der Waals surface area contributed by atoms with Crippen LogP contribution in [0.3, 0.4) is 0 Å². The minimum atomic E-state index is -3.05. The van der Waals surface area contributed by atoms with Gasteiger partial charge in [-0.25, -0.2) is 17.6 Å². The van der Waals surface area contributed by atoms with Crippen LogP contribution in [0.2, 0.25) is 0 Å². The number of hydrogen-bond donors (Lipinski definition) is 0. The van der Waals surface area contributed by atoms with E-state index >= 15 is 0 Å². The molecule has 0 aliphatic carbocycles. The second kappa shape index (κ2) is 4.30. The zero-order valence-electron chi connectivity index (χ0n) is 7.36. The molecular formula is C9H8F4O. The van der Waals surface area contributed by atoms with Crippen molar-refractivity contribution in [3.63, 3.8) is 0 Å². The van der Waals surface area contributed by atoms with E-state index in [1.807, 2.05) is 0 Å². The highest BCUT2D eigenvalue weighted by Gasteiger charge is 2.19. The zero-order chi connectivity index (χ0) is 10.7. The van der Waals surface area contributed by atoms with Crippen molar-refractivity contribution in [1.82, 2.24) is 0 Å². The molecule has 0 unspecified atom stereocenters. The van der Waals surface area contributed by atoms with Crippen LogP contribution in [0, 0.1) is 11.6 Å². The van der Waals surface area contributed by atoms with E-state index in [-0.39, 0.29) is 6.61 Å². The van der Waals surface area contributed by atoms with Gasteiger partial charge in [0.05, 0.1) is 12.2 Å². The lowest BCUT2D eigenvalue weighted by molar-refractivity contribution is 0.144. The van der Waals surface area contributed by atoms with E-state index in [4.69, 9.17) is 0 Å². The Balaban J connectivity index is 3.18. The van der Waals surface area contributed by atoms with Gasteiger partial charge in [0.1, 0.15) is 5.82 Å². The van der Waals surface area contributed by atoms with Gasteiger partial charge in [-0.05, 0) is 13.0 Å². The molecule has 0 N–H and O–H groups in total. The quantitative estimate of drug-likeness (QED) is 0.692. The van der Waals surface area contributed by atoms with E-state index in [1.165, 1.54) is 0 Å². The summed E-state index contributed by atoms with van der Waals surface area (Å²) < 4.78 is 54.8. The first kappa shape index (κ1) is 10.8. The maximum absolute atomic E-state index is 13.1. The molecule has 0 aliphatic rings. The summed E-state index contributed by atoms with van der Waals surface area (Å²) in [6, 6.07) is 1.20. The lowest BCUT2D eigenvalue weighted by Gasteiger charge is -2.08. The molecule has 1 nitrogen and oxygen atoms in total. The van der Waals surface area contributed by atoms with E-state index < -0.39 is 29.4 Å². The van der Waals surface area contributed by atoms with Gasteiger partial charge in [0.25, 0.3) is 6.43 Å². The SMILES string of the molecule is CCOc1cc(F)cc(C(F)F)c1F. The summed E-state index contributed by atoms with van der Waals surface area (Å²) in [6.07, 6.45) is -3.05. The van der Waals surface area contributed by atoms with Gasteiger partial charge in [-0.1, -0.05) is 0 Å². The molecule has 0 fully saturated rings. The summed E-state index contributed by atoms with van der Waals surface area (Å²) in [5.41, 5.74) is -0.978. The molecule has 0 bridgehead atoms. The summed E-state index contributed by atoms with van der Waals surface area (Å²) in [5, 5.41) is 0. The smallest absolute Gasteiger partial charge is 0.266 e. The normalized spacial score (nSPS) is 10.7. The monoisotopic (exact) mass is 208 g/mol. The van der Waals surface area contributed by atoms with Crippen LogP contribution in [0.5, 0.6) is 5.75 Å². The third-order valence-corrected chi connectivity index (χ3v) is 1.57. The fraction of sp³-hybridized carbons (Fsp3) is 0.333. The van der Waals surface area contributed by atoms with Crippen molar-refractivity contribution in [1.29, 1.82) is 0 Å². The van der Waals surface area contributed by atoms with Crippen LogP contribution in [-0.4, -0.2) is 6.61 Å². The summed E-state index contributed by atoms with van der Waals surface area (Å²) in [7, 11) is 0. The molecule has 1 aromatic carbocycles. The fourth-order valence-corrected chi connectivity index (χ4v) is 1.00. The van der Waals surface area contributed by atoms with E-state index in [9.17, 15) is 17.6 Å². The van der Waals surface area contributed by atoms with Gasteiger partial charge < -0.3 is 4.74 Å². The summed E-state index contributed by atoms with van der Waals surface area (Å²) in [4.78, 5) is 0. The van der Waals surface area contributed by atoms with Gasteiger partial charge in [-0.3, -0.25) is 0 Å². The number of rotatable bonds is 3. The minimum absolute atomic E-state index is 0.0864. The standard InChI is InChI=1S/C9H8F4O/c1-2-14-7-4-5(10)3-6(8(7)11)9(12)13/h3-4,9H,2H2,1H3. The molecule has 0 saturated heterocycles. The van der Waals surface area contributed by atoms with E-state index in [0.29, 0.717) is 6.07 Å². The first-order chi connectivity index (χ1) is 6.56. The Morgan fingerprint density at radius 3 is 2.43 bits per heavy atom. The molecule has 5 heteroatoms. The number of halogens is 4. The second-order valence-electron chi connectivity index (χ2n) is 2.54. The van der Waals surface area contributed by atoms with E-state index in [1.54, 1.807) is 6.92 Å². The highest BCUT2D eigenvalue weighted by atomic mass is 19.3. The molecule has 0 amide bonds. The minimum Gasteiger partial charge on any atom is -0.491 e. The molecule has 0 aliphatic heterocycles. The Morgan fingerprint density at radius 2 is 1.93 bits per heavy atom. The van der Waals surface area contributed by atoms with E-state index in [0.717, 1.165) is 6.07 Å². The molecule has 0 heterocycles. The average Bonchev–Trinajstić information content (AvgIpc) is 2.10. The van der Waals surface area contributed by atoms with Crippen LogP contribution in [0.1, 0.15) is 18.9 Å². The number of benzene rings is 1. The van der Waals surface area contributed by atoms with Crippen molar-refractivity contribution in [2.45, 2.75) is 13.3 Å². The Morgan fingerprint density at radius 1 is 1.29 bits per heavy atom. The van der Waals surface area contributed by atoms with Crippen LogP contribution in [0.4, 0.5) is 17.6 Å². The summed E-state index contributed by atoms with van der Waals surface area (Å²) in [5.74, 6) is -2.63. The van der Waals surface area contributed by atoms with Crippen LogP contribution in [0.15, 0.2) is 12.1 Å². The van der Waals surface area contributed by atoms with Crippen LogP contribution in [0.25, 0.3) is 0 Å². The first-order valence-corrected chi connectivity index (χ1v) is 3.96. The molecule has 14 heavy (non-hydrogen) atoms. The van der Waals surface area contributed by atoms with Gasteiger partial charge in [-0.2, -0.15) is 0 Å². The Bertz CT molecular complexity index is 325. The number of alkyl halides is 2. The van der Waals surface area contributed by atoms with Crippen molar-refractivity contribution in [2.75, 3.05) is 6.61 Å². The molecule has 0 radical (unpaired) electrons. The summed E-state index contributed by atoms with van der Waals surface area (Å²) >= 11 is 0. The van der Waals surface area contributed by atoms with Crippen LogP contribution >= 0.6 is 0 Å². The van der Waals surface area contributed by atoms with Gasteiger partial charge in [0.15, 0.2) is 11.6 Å². The molecule has 1 aromatic rings. The molecule has 0 aromatic heterocycles. The van der Waals surface area contributed by atoms with Crippen molar-refractivity contribution >= 4 is 0 Å². The van der Waals surface area contributed by atoms with Gasteiger partial charge in [-0.15, -0.1) is 0 Å². The largest absolute Gasteiger partial charge is 0.491 e. The number of ether oxygens (including phenoxy) is 1. The highest BCUT2D eigenvalue weighted by Crippen LogP contribution is 2.29. The predicted molar refractivity (Wildman–Crippen MR) is 42.5 cm³/mol. The van der Waals surface area contributed by atoms with Crippen LogP contribution in [-0.2, 0) is 0 Å².